The lowest BCUT2D eigenvalue weighted by atomic mass is 9.99. The van der Waals surface area contributed by atoms with Gasteiger partial charge in [0.05, 0.1) is 10.8 Å². The standard InChI is InChI=1S/C18H18ClNO5S/c19-14-1-3-15(4-2-14)25-16-5-7-17(8-6-16)26(23,24)20-11-9-13(10-12-20)18(21)22/h1-8,13H,9-12H2,(H,21,22). The highest BCUT2D eigenvalue weighted by atomic mass is 35.5. The predicted octanol–water partition coefficient (Wildman–Crippen LogP) is 3.62. The summed E-state index contributed by atoms with van der Waals surface area (Å²) >= 11 is 5.83. The SMILES string of the molecule is O=C(O)C1CCN(S(=O)(=O)c2ccc(Oc3ccc(Cl)cc3)cc2)CC1. The van der Waals surface area contributed by atoms with Crippen LogP contribution in [0.5, 0.6) is 11.5 Å². The molecule has 6 nitrogen and oxygen atoms in total. The predicted molar refractivity (Wildman–Crippen MR) is 97.1 cm³/mol. The number of hydrogen-bond donors (Lipinski definition) is 1. The van der Waals surface area contributed by atoms with Crippen molar-refractivity contribution in [3.05, 3.63) is 53.6 Å². The van der Waals surface area contributed by atoms with Gasteiger partial charge in [-0.25, -0.2) is 8.42 Å². The third kappa shape index (κ3) is 4.17. The number of carboxylic acid groups (broad SMARTS) is 1. The lowest BCUT2D eigenvalue weighted by molar-refractivity contribution is -0.142. The molecule has 2 aromatic carbocycles. The van der Waals surface area contributed by atoms with Gasteiger partial charge in [0.1, 0.15) is 11.5 Å². The quantitative estimate of drug-likeness (QED) is 0.835. The molecule has 3 rings (SSSR count). The van der Waals surface area contributed by atoms with Crippen LogP contribution >= 0.6 is 11.6 Å². The Hall–Kier alpha value is -2.09. The molecule has 0 atom stereocenters. The number of hydrogen-bond acceptors (Lipinski definition) is 4. The second-order valence-corrected chi connectivity index (χ2v) is 8.42. The van der Waals surface area contributed by atoms with Crippen molar-refractivity contribution < 1.29 is 23.1 Å². The van der Waals surface area contributed by atoms with Crippen LogP contribution in [0.1, 0.15) is 12.8 Å². The van der Waals surface area contributed by atoms with Crippen LogP contribution in [0.4, 0.5) is 0 Å². The van der Waals surface area contributed by atoms with E-state index >= 15 is 0 Å². The first-order chi connectivity index (χ1) is 12.4. The number of ether oxygens (including phenoxy) is 1. The minimum atomic E-state index is -3.64. The van der Waals surface area contributed by atoms with Crippen molar-refractivity contribution >= 4 is 27.6 Å². The molecule has 1 heterocycles. The lowest BCUT2D eigenvalue weighted by Gasteiger charge is -2.29. The third-order valence-electron chi connectivity index (χ3n) is 4.31. The van der Waals surface area contributed by atoms with Crippen LogP contribution in [0.3, 0.4) is 0 Å². The van der Waals surface area contributed by atoms with E-state index in [-0.39, 0.29) is 18.0 Å². The van der Waals surface area contributed by atoms with Crippen molar-refractivity contribution in [1.82, 2.24) is 4.31 Å². The van der Waals surface area contributed by atoms with Gasteiger partial charge in [-0.3, -0.25) is 4.79 Å². The van der Waals surface area contributed by atoms with Crippen LogP contribution in [0.25, 0.3) is 0 Å². The normalized spacial score (nSPS) is 16.3. The first-order valence-corrected chi connectivity index (χ1v) is 9.94. The van der Waals surface area contributed by atoms with E-state index in [9.17, 15) is 13.2 Å². The van der Waals surface area contributed by atoms with E-state index in [0.29, 0.717) is 29.4 Å². The molecule has 2 aromatic rings. The molecule has 1 aliphatic heterocycles. The van der Waals surface area contributed by atoms with Crippen LogP contribution in [0.2, 0.25) is 5.02 Å². The molecule has 8 heteroatoms. The molecule has 1 fully saturated rings. The molecular formula is C18H18ClNO5S. The zero-order valence-electron chi connectivity index (χ0n) is 13.8. The Labute approximate surface area is 157 Å². The van der Waals surface area contributed by atoms with E-state index < -0.39 is 21.9 Å². The highest BCUT2D eigenvalue weighted by Gasteiger charge is 2.31. The average molecular weight is 396 g/mol. The zero-order valence-corrected chi connectivity index (χ0v) is 15.4. The first-order valence-electron chi connectivity index (χ1n) is 8.13. The monoisotopic (exact) mass is 395 g/mol. The third-order valence-corrected chi connectivity index (χ3v) is 6.48. The summed E-state index contributed by atoms with van der Waals surface area (Å²) < 4.78 is 32.4. The van der Waals surface area contributed by atoms with Crippen molar-refractivity contribution in [3.63, 3.8) is 0 Å². The molecule has 1 N–H and O–H groups in total. The van der Waals surface area contributed by atoms with Crippen molar-refractivity contribution in [3.8, 4) is 11.5 Å². The number of carbonyl (C=O) groups is 1. The average Bonchev–Trinajstić information content (AvgIpc) is 2.64. The molecule has 0 amide bonds. The van der Waals surface area contributed by atoms with Gasteiger partial charge in [0.2, 0.25) is 10.0 Å². The van der Waals surface area contributed by atoms with Gasteiger partial charge in [-0.2, -0.15) is 4.31 Å². The van der Waals surface area contributed by atoms with E-state index in [1.165, 1.54) is 16.4 Å². The van der Waals surface area contributed by atoms with E-state index in [2.05, 4.69) is 0 Å². The maximum atomic E-state index is 12.7. The highest BCUT2D eigenvalue weighted by Crippen LogP contribution is 2.27. The van der Waals surface area contributed by atoms with Crippen LogP contribution in [-0.4, -0.2) is 36.9 Å². The van der Waals surface area contributed by atoms with Crippen LogP contribution in [0.15, 0.2) is 53.4 Å². The second kappa shape index (κ2) is 7.65. The maximum Gasteiger partial charge on any atom is 0.306 e. The molecule has 0 unspecified atom stereocenters. The smallest absolute Gasteiger partial charge is 0.306 e. The van der Waals surface area contributed by atoms with Gasteiger partial charge in [0.15, 0.2) is 0 Å². The molecule has 0 aliphatic carbocycles. The summed E-state index contributed by atoms with van der Waals surface area (Å²) in [6, 6.07) is 13.0. The molecule has 1 saturated heterocycles. The summed E-state index contributed by atoms with van der Waals surface area (Å²) in [7, 11) is -3.64. The topological polar surface area (TPSA) is 83.9 Å². The number of benzene rings is 2. The summed E-state index contributed by atoms with van der Waals surface area (Å²) in [6.45, 7) is 0.421. The number of halogens is 1. The summed E-state index contributed by atoms with van der Waals surface area (Å²) in [5.41, 5.74) is 0. The number of piperidine rings is 1. The Morgan fingerprint density at radius 2 is 1.50 bits per heavy atom. The first kappa shape index (κ1) is 18.7. The zero-order chi connectivity index (χ0) is 18.7. The van der Waals surface area contributed by atoms with E-state index in [1.54, 1.807) is 36.4 Å². The van der Waals surface area contributed by atoms with Gasteiger partial charge in [0, 0.05) is 18.1 Å². The summed E-state index contributed by atoms with van der Waals surface area (Å²) in [4.78, 5) is 11.2. The fourth-order valence-electron chi connectivity index (χ4n) is 2.81. The molecule has 0 saturated carbocycles. The Morgan fingerprint density at radius 3 is 2.00 bits per heavy atom. The van der Waals surface area contributed by atoms with Crippen LogP contribution in [0, 0.1) is 5.92 Å². The van der Waals surface area contributed by atoms with E-state index in [4.69, 9.17) is 21.4 Å². The number of aliphatic carboxylic acids is 1. The van der Waals surface area contributed by atoms with Gasteiger partial charge < -0.3 is 9.84 Å². The lowest BCUT2D eigenvalue weighted by Crippen LogP contribution is -2.40. The van der Waals surface area contributed by atoms with Gasteiger partial charge >= 0.3 is 5.97 Å². The molecule has 0 radical (unpaired) electrons. The van der Waals surface area contributed by atoms with Crippen LogP contribution < -0.4 is 4.74 Å². The van der Waals surface area contributed by atoms with Crippen molar-refractivity contribution in [1.29, 1.82) is 0 Å². The Bertz CT molecular complexity index is 873. The van der Waals surface area contributed by atoms with E-state index in [1.807, 2.05) is 0 Å². The molecule has 138 valence electrons. The largest absolute Gasteiger partial charge is 0.481 e. The second-order valence-electron chi connectivity index (χ2n) is 6.04. The van der Waals surface area contributed by atoms with Crippen molar-refractivity contribution in [2.24, 2.45) is 5.92 Å². The van der Waals surface area contributed by atoms with Crippen molar-refractivity contribution in [2.75, 3.05) is 13.1 Å². The Kier molecular flexibility index (Phi) is 5.50. The van der Waals surface area contributed by atoms with Gasteiger partial charge in [-0.1, -0.05) is 11.6 Å². The molecule has 0 bridgehead atoms. The molecule has 0 aromatic heterocycles. The number of sulfonamides is 1. The summed E-state index contributed by atoms with van der Waals surface area (Å²) in [5, 5.41) is 9.62. The summed E-state index contributed by atoms with van der Waals surface area (Å²) in [5.74, 6) is -0.237. The fourth-order valence-corrected chi connectivity index (χ4v) is 4.41. The maximum absolute atomic E-state index is 12.7. The number of rotatable bonds is 5. The van der Waals surface area contributed by atoms with Gasteiger partial charge in [-0.15, -0.1) is 0 Å². The molecule has 0 spiro atoms. The molecular weight excluding hydrogens is 378 g/mol. The van der Waals surface area contributed by atoms with Crippen molar-refractivity contribution in [2.45, 2.75) is 17.7 Å². The minimum Gasteiger partial charge on any atom is -0.481 e. The Morgan fingerprint density at radius 1 is 1.00 bits per heavy atom. The van der Waals surface area contributed by atoms with Gasteiger partial charge in [-0.05, 0) is 61.4 Å². The van der Waals surface area contributed by atoms with Gasteiger partial charge in [0.25, 0.3) is 0 Å². The molecule has 1 aliphatic rings. The minimum absolute atomic E-state index is 0.162. The number of nitrogens with zero attached hydrogens (tertiary/aromatic N) is 1. The summed E-state index contributed by atoms with van der Waals surface area (Å²) in [6.07, 6.45) is 0.651. The Balaban J connectivity index is 1.69. The van der Waals surface area contributed by atoms with Crippen LogP contribution in [-0.2, 0) is 14.8 Å². The number of carboxylic acids is 1. The van der Waals surface area contributed by atoms with E-state index in [0.717, 1.165) is 0 Å². The molecule has 26 heavy (non-hydrogen) atoms. The fraction of sp³-hybridized carbons (Fsp3) is 0.278. The highest BCUT2D eigenvalue weighted by molar-refractivity contribution is 7.89.